The van der Waals surface area contributed by atoms with Crippen LogP contribution in [0.4, 0.5) is 8.78 Å². The normalized spacial score (nSPS) is 23.4. The lowest BCUT2D eigenvalue weighted by atomic mass is 9.74. The number of ether oxygens (including phenoxy) is 2. The van der Waals surface area contributed by atoms with Crippen LogP contribution in [0.15, 0.2) is 65.4 Å². The summed E-state index contributed by atoms with van der Waals surface area (Å²) in [6, 6.07) is 7.16. The van der Waals surface area contributed by atoms with Gasteiger partial charge in [-0.3, -0.25) is 9.69 Å². The van der Waals surface area contributed by atoms with Crippen molar-refractivity contribution in [2.24, 2.45) is 16.6 Å². The highest BCUT2D eigenvalue weighted by molar-refractivity contribution is 6.07. The summed E-state index contributed by atoms with van der Waals surface area (Å²) in [4.78, 5) is 19.1. The number of carbonyl (C=O) groups is 1. The van der Waals surface area contributed by atoms with Gasteiger partial charge in [0.15, 0.2) is 11.5 Å². The Morgan fingerprint density at radius 1 is 1.47 bits per heavy atom. The molecule has 1 aliphatic heterocycles. The molecule has 1 aliphatic carbocycles. The molecule has 1 aromatic carbocycles. The standard InChI is InChI=1S/C22H25F2N3O3/c1-14(2)11-12-29-18-6-4-5-16(13-18)22(19(28)27(3)21(25)26-22)15-7-9-17(10-8-15)30-20(23)24/h4-7,9-10,13,15,20H,1,8,11-12H2,2-3H3,(H2,25,26)/t15?,22-/m1/s1. The molecule has 1 amide bonds. The molecule has 0 bridgehead atoms. The molecule has 0 spiro atoms. The van der Waals surface area contributed by atoms with Crippen molar-refractivity contribution in [2.45, 2.75) is 31.9 Å². The van der Waals surface area contributed by atoms with Crippen LogP contribution in [0.5, 0.6) is 5.75 Å². The van der Waals surface area contributed by atoms with Crippen LogP contribution in [-0.4, -0.2) is 37.0 Å². The number of halogens is 2. The van der Waals surface area contributed by atoms with Gasteiger partial charge in [0.2, 0.25) is 0 Å². The van der Waals surface area contributed by atoms with Crippen molar-refractivity contribution >= 4 is 11.9 Å². The largest absolute Gasteiger partial charge is 0.493 e. The van der Waals surface area contributed by atoms with E-state index in [1.54, 1.807) is 37.4 Å². The van der Waals surface area contributed by atoms with E-state index in [0.717, 1.165) is 5.57 Å². The van der Waals surface area contributed by atoms with Gasteiger partial charge >= 0.3 is 6.61 Å². The zero-order chi connectivity index (χ0) is 21.9. The lowest BCUT2D eigenvalue weighted by molar-refractivity contribution is -0.132. The third-order valence-electron chi connectivity index (χ3n) is 5.16. The number of amides is 1. The van der Waals surface area contributed by atoms with Crippen molar-refractivity contribution in [1.82, 2.24) is 4.90 Å². The Kier molecular flexibility index (Phi) is 6.24. The molecule has 1 heterocycles. The Bertz CT molecular complexity index is 926. The predicted octanol–water partition coefficient (Wildman–Crippen LogP) is 3.71. The topological polar surface area (TPSA) is 77.2 Å². The Morgan fingerprint density at radius 2 is 2.23 bits per heavy atom. The SMILES string of the molecule is C=C(C)CCOc1cccc([C@@]2(C3C=CC(OC(F)F)=CC3)N=C(N)N(C)C2=O)c1. The van der Waals surface area contributed by atoms with E-state index < -0.39 is 18.1 Å². The summed E-state index contributed by atoms with van der Waals surface area (Å²) in [6.07, 6.45) is 5.64. The fraction of sp³-hybridized carbons (Fsp3) is 0.364. The van der Waals surface area contributed by atoms with E-state index in [2.05, 4.69) is 16.3 Å². The summed E-state index contributed by atoms with van der Waals surface area (Å²) in [6.45, 7) is 3.34. The van der Waals surface area contributed by atoms with Crippen molar-refractivity contribution < 1.29 is 23.0 Å². The molecule has 8 heteroatoms. The number of hydrogen-bond donors (Lipinski definition) is 1. The quantitative estimate of drug-likeness (QED) is 0.654. The molecule has 160 valence electrons. The second-order valence-corrected chi connectivity index (χ2v) is 7.37. The highest BCUT2D eigenvalue weighted by Crippen LogP contribution is 2.44. The Morgan fingerprint density at radius 3 is 2.80 bits per heavy atom. The second kappa shape index (κ2) is 8.69. The second-order valence-electron chi connectivity index (χ2n) is 7.37. The van der Waals surface area contributed by atoms with Crippen LogP contribution in [0.25, 0.3) is 0 Å². The molecule has 3 rings (SSSR count). The van der Waals surface area contributed by atoms with Crippen LogP contribution in [0, 0.1) is 5.92 Å². The molecule has 0 radical (unpaired) electrons. The van der Waals surface area contributed by atoms with Crippen LogP contribution >= 0.6 is 0 Å². The zero-order valence-corrected chi connectivity index (χ0v) is 17.0. The van der Waals surface area contributed by atoms with Gasteiger partial charge in [-0.2, -0.15) is 8.78 Å². The predicted molar refractivity (Wildman–Crippen MR) is 110 cm³/mol. The minimum absolute atomic E-state index is 0.0593. The summed E-state index contributed by atoms with van der Waals surface area (Å²) in [5, 5.41) is 0. The van der Waals surface area contributed by atoms with Gasteiger partial charge in [-0.1, -0.05) is 23.8 Å². The number of nitrogens with two attached hydrogens (primary N) is 1. The lowest BCUT2D eigenvalue weighted by Crippen LogP contribution is -2.44. The van der Waals surface area contributed by atoms with Crippen LogP contribution in [-0.2, 0) is 15.1 Å². The van der Waals surface area contributed by atoms with Gasteiger partial charge in [0.05, 0.1) is 6.61 Å². The fourth-order valence-electron chi connectivity index (χ4n) is 3.57. The fourth-order valence-corrected chi connectivity index (χ4v) is 3.57. The van der Waals surface area contributed by atoms with Gasteiger partial charge in [0.1, 0.15) is 11.5 Å². The smallest absolute Gasteiger partial charge is 0.387 e. The maximum absolute atomic E-state index is 13.3. The van der Waals surface area contributed by atoms with Crippen LogP contribution < -0.4 is 10.5 Å². The maximum atomic E-state index is 13.3. The summed E-state index contributed by atoms with van der Waals surface area (Å²) in [7, 11) is 1.56. The summed E-state index contributed by atoms with van der Waals surface area (Å²) in [5.41, 5.74) is 6.30. The molecule has 6 nitrogen and oxygen atoms in total. The zero-order valence-electron chi connectivity index (χ0n) is 17.0. The van der Waals surface area contributed by atoms with E-state index in [0.29, 0.717) is 24.3 Å². The highest BCUT2D eigenvalue weighted by atomic mass is 19.3. The third kappa shape index (κ3) is 4.22. The lowest BCUT2D eigenvalue weighted by Gasteiger charge is -2.33. The number of likely N-dealkylation sites (N-methyl/N-ethyl adjacent to an activating group) is 1. The molecule has 0 fully saturated rings. The van der Waals surface area contributed by atoms with E-state index in [4.69, 9.17) is 10.5 Å². The number of nitrogens with zero attached hydrogens (tertiary/aromatic N) is 2. The van der Waals surface area contributed by atoms with Gasteiger partial charge in [-0.25, -0.2) is 4.99 Å². The monoisotopic (exact) mass is 417 g/mol. The average molecular weight is 417 g/mol. The molecule has 0 aromatic heterocycles. The van der Waals surface area contributed by atoms with Gasteiger partial charge < -0.3 is 15.2 Å². The Hall–Kier alpha value is -3.16. The minimum atomic E-state index is -2.91. The van der Waals surface area contributed by atoms with Crippen molar-refractivity contribution in [3.05, 3.63) is 66.0 Å². The van der Waals surface area contributed by atoms with Crippen molar-refractivity contribution in [1.29, 1.82) is 0 Å². The number of alkyl halides is 2. The molecule has 0 saturated heterocycles. The number of guanidine groups is 1. The molecule has 30 heavy (non-hydrogen) atoms. The van der Waals surface area contributed by atoms with E-state index in [-0.39, 0.29) is 24.0 Å². The first-order chi connectivity index (χ1) is 14.2. The minimum Gasteiger partial charge on any atom is -0.493 e. The number of benzene rings is 1. The maximum Gasteiger partial charge on any atom is 0.387 e. The highest BCUT2D eigenvalue weighted by Gasteiger charge is 2.52. The van der Waals surface area contributed by atoms with Crippen molar-refractivity contribution in [3.63, 3.8) is 0 Å². The molecule has 1 aromatic rings. The van der Waals surface area contributed by atoms with Gasteiger partial charge in [0.25, 0.3) is 5.91 Å². The van der Waals surface area contributed by atoms with Crippen LogP contribution in [0.1, 0.15) is 25.3 Å². The van der Waals surface area contributed by atoms with Crippen molar-refractivity contribution in [3.8, 4) is 5.75 Å². The van der Waals surface area contributed by atoms with Gasteiger partial charge in [0, 0.05) is 19.4 Å². The molecule has 1 unspecified atom stereocenters. The third-order valence-corrected chi connectivity index (χ3v) is 5.16. The summed E-state index contributed by atoms with van der Waals surface area (Å²) in [5.74, 6) is 0.0375. The summed E-state index contributed by atoms with van der Waals surface area (Å²) >= 11 is 0. The molecule has 0 saturated carbocycles. The first-order valence-electron chi connectivity index (χ1n) is 9.58. The van der Waals surface area contributed by atoms with E-state index in [1.165, 1.54) is 17.1 Å². The Labute approximate surface area is 174 Å². The first-order valence-corrected chi connectivity index (χ1v) is 9.58. The molecule has 2 N–H and O–H groups in total. The van der Waals surface area contributed by atoms with Crippen LogP contribution in [0.3, 0.4) is 0 Å². The molecular formula is C22H25F2N3O3. The average Bonchev–Trinajstić information content (AvgIpc) is 2.93. The van der Waals surface area contributed by atoms with Gasteiger partial charge in [-0.15, -0.1) is 6.58 Å². The number of allylic oxidation sites excluding steroid dienone is 2. The number of rotatable bonds is 8. The van der Waals surface area contributed by atoms with Gasteiger partial charge in [-0.05, 0) is 43.2 Å². The molecular weight excluding hydrogens is 392 g/mol. The number of carbonyl (C=O) groups excluding carboxylic acids is 1. The van der Waals surface area contributed by atoms with Crippen LogP contribution in [0.2, 0.25) is 0 Å². The van der Waals surface area contributed by atoms with Crippen molar-refractivity contribution in [2.75, 3.05) is 13.7 Å². The molecule has 2 atom stereocenters. The number of hydrogen-bond acceptors (Lipinski definition) is 5. The van der Waals surface area contributed by atoms with E-state index in [9.17, 15) is 13.6 Å². The van der Waals surface area contributed by atoms with E-state index in [1.807, 2.05) is 6.92 Å². The molecule has 2 aliphatic rings. The number of aliphatic imine (C=N–C) groups is 1. The summed E-state index contributed by atoms with van der Waals surface area (Å²) < 4.78 is 35.3. The first kappa shape index (κ1) is 21.5. The Balaban J connectivity index is 1.94. The van der Waals surface area contributed by atoms with E-state index >= 15 is 0 Å².